The molecular weight excluding hydrogens is 254 g/mol. The van der Waals surface area contributed by atoms with Gasteiger partial charge in [0.2, 0.25) is 6.08 Å². The molecule has 0 aromatic heterocycles. The Hall–Kier alpha value is -0.920. The first-order chi connectivity index (χ1) is 7.09. The predicted octanol–water partition coefficient (Wildman–Crippen LogP) is 3.39. The molecule has 2 rings (SSSR count). The van der Waals surface area contributed by atoms with Gasteiger partial charge in [0.1, 0.15) is 0 Å². The van der Waals surface area contributed by atoms with Gasteiger partial charge in [-0.25, -0.2) is 4.79 Å². The Kier molecular flexibility index (Phi) is 2.53. The highest BCUT2D eigenvalue weighted by atomic mass is 79.9. The molecule has 3 heteroatoms. The van der Waals surface area contributed by atoms with Crippen LogP contribution in [0, 0.1) is 13.8 Å². The van der Waals surface area contributed by atoms with Crippen molar-refractivity contribution in [1.29, 1.82) is 0 Å². The summed E-state index contributed by atoms with van der Waals surface area (Å²) >= 11 is 3.53. The Labute approximate surface area is 97.5 Å². The molecule has 0 bridgehead atoms. The number of hydrogen-bond acceptors (Lipinski definition) is 2. The minimum absolute atomic E-state index is 0.261. The zero-order valence-electron chi connectivity index (χ0n) is 8.80. The quantitative estimate of drug-likeness (QED) is 0.596. The van der Waals surface area contributed by atoms with Gasteiger partial charge in [-0.15, -0.1) is 0 Å². The lowest BCUT2D eigenvalue weighted by atomic mass is 10.00. The van der Waals surface area contributed by atoms with E-state index in [0.29, 0.717) is 0 Å². The van der Waals surface area contributed by atoms with Crippen molar-refractivity contribution >= 4 is 22.0 Å². The fraction of sp³-hybridized carbons (Fsp3) is 0.417. The highest BCUT2D eigenvalue weighted by molar-refractivity contribution is 9.10. The summed E-state index contributed by atoms with van der Waals surface area (Å²) in [7, 11) is 0. The summed E-state index contributed by atoms with van der Waals surface area (Å²) in [4.78, 5) is 14.3. The fourth-order valence-corrected chi connectivity index (χ4v) is 2.32. The van der Waals surface area contributed by atoms with Gasteiger partial charge in [0.05, 0.1) is 5.54 Å². The average Bonchev–Trinajstić information content (AvgIpc) is 2.95. The number of hydrogen-bond donors (Lipinski definition) is 0. The van der Waals surface area contributed by atoms with Gasteiger partial charge in [-0.2, -0.15) is 4.99 Å². The van der Waals surface area contributed by atoms with Crippen molar-refractivity contribution in [1.82, 2.24) is 0 Å². The molecule has 0 aliphatic heterocycles. The summed E-state index contributed by atoms with van der Waals surface area (Å²) in [6.45, 7) is 4.15. The maximum Gasteiger partial charge on any atom is 0.235 e. The average molecular weight is 266 g/mol. The third kappa shape index (κ3) is 1.77. The number of nitrogens with zero attached hydrogens (tertiary/aromatic N) is 1. The van der Waals surface area contributed by atoms with Crippen LogP contribution in [0.15, 0.2) is 21.6 Å². The van der Waals surface area contributed by atoms with Crippen LogP contribution < -0.4 is 0 Å². The molecule has 1 aliphatic rings. The van der Waals surface area contributed by atoms with Crippen molar-refractivity contribution in [3.05, 3.63) is 33.3 Å². The van der Waals surface area contributed by atoms with Crippen molar-refractivity contribution in [2.75, 3.05) is 0 Å². The maximum atomic E-state index is 10.4. The van der Waals surface area contributed by atoms with Gasteiger partial charge < -0.3 is 0 Å². The molecule has 0 spiro atoms. The van der Waals surface area contributed by atoms with Crippen LogP contribution in [0.1, 0.15) is 29.5 Å². The van der Waals surface area contributed by atoms with E-state index in [1.807, 2.05) is 0 Å². The molecule has 1 fully saturated rings. The molecule has 1 aromatic rings. The summed E-state index contributed by atoms with van der Waals surface area (Å²) in [6, 6.07) is 4.18. The third-order valence-corrected chi connectivity index (χ3v) is 3.95. The van der Waals surface area contributed by atoms with E-state index in [2.05, 4.69) is 46.9 Å². The Bertz CT molecular complexity index is 434. The highest BCUT2D eigenvalue weighted by Crippen LogP contribution is 2.50. The minimum Gasteiger partial charge on any atom is -0.211 e. The maximum absolute atomic E-state index is 10.4. The Balaban J connectivity index is 2.51. The van der Waals surface area contributed by atoms with E-state index in [-0.39, 0.29) is 5.54 Å². The zero-order chi connectivity index (χ0) is 11.1. The summed E-state index contributed by atoms with van der Waals surface area (Å²) in [6.07, 6.45) is 3.59. The standard InChI is InChI=1S/C12H12BrNO/c1-8-5-10(6-11(13)9(8)2)12(3-4-12)14-7-15/h5-6H,3-4H2,1-2H3. The van der Waals surface area contributed by atoms with Gasteiger partial charge in [-0.1, -0.05) is 22.0 Å². The van der Waals surface area contributed by atoms with Crippen LogP contribution >= 0.6 is 15.9 Å². The number of aliphatic imine (C=N–C) groups is 1. The molecule has 1 aliphatic carbocycles. The van der Waals surface area contributed by atoms with Crippen LogP contribution in [0.25, 0.3) is 0 Å². The van der Waals surface area contributed by atoms with Crippen LogP contribution in [-0.4, -0.2) is 6.08 Å². The number of aryl methyl sites for hydroxylation is 1. The summed E-state index contributed by atoms with van der Waals surface area (Å²) in [5, 5.41) is 0. The van der Waals surface area contributed by atoms with Crippen molar-refractivity contribution in [2.45, 2.75) is 32.2 Å². The topological polar surface area (TPSA) is 29.4 Å². The van der Waals surface area contributed by atoms with Gasteiger partial charge in [-0.05, 0) is 49.4 Å². The van der Waals surface area contributed by atoms with E-state index >= 15 is 0 Å². The second-order valence-corrected chi connectivity index (χ2v) is 4.99. The largest absolute Gasteiger partial charge is 0.235 e. The number of halogens is 1. The Morgan fingerprint density at radius 3 is 2.53 bits per heavy atom. The molecule has 0 amide bonds. The van der Waals surface area contributed by atoms with Crippen molar-refractivity contribution < 1.29 is 4.79 Å². The van der Waals surface area contributed by atoms with Crippen LogP contribution in [0.2, 0.25) is 0 Å². The van der Waals surface area contributed by atoms with Gasteiger partial charge in [0.15, 0.2) is 0 Å². The molecule has 1 saturated carbocycles. The lowest BCUT2D eigenvalue weighted by Gasteiger charge is -2.12. The lowest BCUT2D eigenvalue weighted by molar-refractivity contribution is 0.556. The fourth-order valence-electron chi connectivity index (χ4n) is 1.76. The van der Waals surface area contributed by atoms with Gasteiger partial charge >= 0.3 is 0 Å². The van der Waals surface area contributed by atoms with Gasteiger partial charge in [-0.3, -0.25) is 0 Å². The SMILES string of the molecule is Cc1cc(C2(N=C=O)CC2)cc(Br)c1C. The monoisotopic (exact) mass is 265 g/mol. The highest BCUT2D eigenvalue weighted by Gasteiger charge is 2.45. The summed E-state index contributed by atoms with van der Waals surface area (Å²) in [5.74, 6) is 0. The zero-order valence-corrected chi connectivity index (χ0v) is 10.4. The molecule has 78 valence electrons. The van der Waals surface area contributed by atoms with Crippen molar-refractivity contribution in [2.24, 2.45) is 4.99 Å². The van der Waals surface area contributed by atoms with E-state index in [0.717, 1.165) is 22.9 Å². The minimum atomic E-state index is -0.261. The van der Waals surface area contributed by atoms with Crippen molar-refractivity contribution in [3.63, 3.8) is 0 Å². The second-order valence-electron chi connectivity index (χ2n) is 4.13. The third-order valence-electron chi connectivity index (χ3n) is 3.12. The van der Waals surface area contributed by atoms with E-state index in [9.17, 15) is 4.79 Å². The molecule has 15 heavy (non-hydrogen) atoms. The Morgan fingerprint density at radius 1 is 1.40 bits per heavy atom. The van der Waals surface area contributed by atoms with Crippen molar-refractivity contribution in [3.8, 4) is 0 Å². The summed E-state index contributed by atoms with van der Waals surface area (Å²) in [5.41, 5.74) is 3.33. The van der Waals surface area contributed by atoms with Crippen LogP contribution in [0.3, 0.4) is 0 Å². The van der Waals surface area contributed by atoms with Gasteiger partial charge in [0.25, 0.3) is 0 Å². The van der Waals surface area contributed by atoms with E-state index < -0.39 is 0 Å². The first-order valence-corrected chi connectivity index (χ1v) is 5.75. The number of isocyanates is 1. The number of benzene rings is 1. The lowest BCUT2D eigenvalue weighted by Crippen LogP contribution is -2.03. The van der Waals surface area contributed by atoms with E-state index in [4.69, 9.17) is 0 Å². The van der Waals surface area contributed by atoms with Gasteiger partial charge in [0, 0.05) is 4.47 Å². The molecule has 2 nitrogen and oxygen atoms in total. The number of carbonyl (C=O) groups excluding carboxylic acids is 1. The molecule has 0 heterocycles. The molecule has 0 radical (unpaired) electrons. The Morgan fingerprint density at radius 2 is 2.07 bits per heavy atom. The molecule has 0 unspecified atom stereocenters. The first kappa shape index (κ1) is 10.6. The van der Waals surface area contributed by atoms with Crippen LogP contribution in [0.4, 0.5) is 0 Å². The smallest absolute Gasteiger partial charge is 0.211 e. The van der Waals surface area contributed by atoms with E-state index in [1.165, 1.54) is 11.1 Å². The van der Waals surface area contributed by atoms with Crippen LogP contribution in [-0.2, 0) is 10.3 Å². The first-order valence-electron chi connectivity index (χ1n) is 4.95. The molecular formula is C12H12BrNO. The van der Waals surface area contributed by atoms with Crippen LogP contribution in [0.5, 0.6) is 0 Å². The molecule has 0 saturated heterocycles. The predicted molar refractivity (Wildman–Crippen MR) is 62.6 cm³/mol. The second kappa shape index (κ2) is 3.58. The molecule has 1 aromatic carbocycles. The molecule has 0 N–H and O–H groups in total. The van der Waals surface area contributed by atoms with E-state index in [1.54, 1.807) is 6.08 Å². The number of rotatable bonds is 2. The normalized spacial score (nSPS) is 17.0. The summed E-state index contributed by atoms with van der Waals surface area (Å²) < 4.78 is 1.09. The molecule has 0 atom stereocenters.